The molecule has 7 nitrogen and oxygen atoms in total. The smallest absolute Gasteiger partial charge is 0.259 e. The first kappa shape index (κ1) is 22.3. The molecule has 7 heteroatoms. The molecule has 1 aromatic carbocycles. The number of rotatable bonds is 6. The Morgan fingerprint density at radius 2 is 1.91 bits per heavy atom. The van der Waals surface area contributed by atoms with Crippen LogP contribution in [-0.2, 0) is 0 Å². The lowest BCUT2D eigenvalue weighted by atomic mass is 9.92. The van der Waals surface area contributed by atoms with E-state index in [4.69, 9.17) is 0 Å². The van der Waals surface area contributed by atoms with E-state index < -0.39 is 0 Å². The van der Waals surface area contributed by atoms with E-state index in [0.717, 1.165) is 43.7 Å². The number of amides is 1. The second kappa shape index (κ2) is 9.28. The topological polar surface area (TPSA) is 73.7 Å². The highest BCUT2D eigenvalue weighted by molar-refractivity contribution is 5.99. The average molecular weight is 435 g/mol. The van der Waals surface area contributed by atoms with Crippen LogP contribution in [0.4, 0.5) is 0 Å². The first-order valence-corrected chi connectivity index (χ1v) is 11.3. The van der Waals surface area contributed by atoms with Gasteiger partial charge in [-0.15, -0.1) is 0 Å². The molecular formula is C25H32N5O2. The number of fused-ring (bicyclic) bond motifs is 1. The van der Waals surface area contributed by atoms with Crippen molar-refractivity contribution < 1.29 is 4.79 Å². The van der Waals surface area contributed by atoms with Crippen molar-refractivity contribution in [3.05, 3.63) is 75.7 Å². The fourth-order valence-corrected chi connectivity index (χ4v) is 4.62. The van der Waals surface area contributed by atoms with Crippen molar-refractivity contribution in [2.24, 2.45) is 0 Å². The zero-order valence-corrected chi connectivity index (χ0v) is 19.3. The van der Waals surface area contributed by atoms with E-state index in [2.05, 4.69) is 28.8 Å². The Kier molecular flexibility index (Phi) is 6.46. The summed E-state index contributed by atoms with van der Waals surface area (Å²) in [5.41, 5.74) is 2.65. The second-order valence-electron chi connectivity index (χ2n) is 9.14. The van der Waals surface area contributed by atoms with Crippen LogP contribution in [0.25, 0.3) is 5.65 Å². The minimum Gasteiger partial charge on any atom is -0.335 e. The summed E-state index contributed by atoms with van der Waals surface area (Å²) in [7, 11) is 1.79. The van der Waals surface area contributed by atoms with Gasteiger partial charge in [-0.25, -0.2) is 4.52 Å². The van der Waals surface area contributed by atoms with Gasteiger partial charge in [0.25, 0.3) is 11.5 Å². The summed E-state index contributed by atoms with van der Waals surface area (Å²) in [6, 6.07) is 11.5. The van der Waals surface area contributed by atoms with E-state index in [9.17, 15) is 9.59 Å². The van der Waals surface area contributed by atoms with Crippen molar-refractivity contribution in [1.82, 2.24) is 24.4 Å². The van der Waals surface area contributed by atoms with Gasteiger partial charge >= 0.3 is 0 Å². The number of hydrogen-bond donors (Lipinski definition) is 1. The summed E-state index contributed by atoms with van der Waals surface area (Å²) >= 11 is 0. The highest BCUT2D eigenvalue weighted by Gasteiger charge is 2.27. The average Bonchev–Trinajstić information content (AvgIpc) is 3.21. The molecule has 1 amide bonds. The van der Waals surface area contributed by atoms with Gasteiger partial charge in [-0.2, -0.15) is 5.10 Å². The molecule has 169 valence electrons. The lowest BCUT2D eigenvalue weighted by molar-refractivity contribution is 0.0744. The van der Waals surface area contributed by atoms with E-state index >= 15 is 0 Å². The number of aromatic amines is 1. The number of hydrogen-bond acceptors (Lipinski definition) is 4. The molecule has 1 fully saturated rings. The molecule has 1 N–H and O–H groups in total. The normalized spacial score (nSPS) is 16.5. The Bertz CT molecular complexity index is 1130. The number of carbonyl (C=O) groups excluding carboxylic acids is 1. The Labute approximate surface area is 189 Å². The predicted molar refractivity (Wildman–Crippen MR) is 126 cm³/mol. The molecule has 1 aliphatic heterocycles. The molecule has 0 unspecified atom stereocenters. The molecule has 0 bridgehead atoms. The summed E-state index contributed by atoms with van der Waals surface area (Å²) in [4.78, 5) is 32.8. The van der Waals surface area contributed by atoms with Crippen molar-refractivity contribution in [3.8, 4) is 0 Å². The number of nitrogens with one attached hydrogen (secondary N) is 1. The van der Waals surface area contributed by atoms with Gasteiger partial charge in [0, 0.05) is 25.6 Å². The van der Waals surface area contributed by atoms with E-state index in [1.54, 1.807) is 28.7 Å². The van der Waals surface area contributed by atoms with Crippen LogP contribution in [0.5, 0.6) is 0 Å². The van der Waals surface area contributed by atoms with Crippen molar-refractivity contribution in [2.75, 3.05) is 26.7 Å². The molecule has 0 aliphatic carbocycles. The lowest BCUT2D eigenvalue weighted by Gasteiger charge is -2.32. The standard InChI is InChI=1S/C25H32N5O2/c1-17(2)16-29-12-10-20(11-13-29)22-14-23(31)27-24-21(15-26-30(22)24)25(32)28(4)18(3)19-8-6-5-7-9-19/h5-9,14-15,18,20H,10-13,16H2,1-4H3,(H,27,31)/t18-/m0/s1. The van der Waals surface area contributed by atoms with Gasteiger partial charge in [0.15, 0.2) is 0 Å². The molecule has 4 rings (SSSR count). The Morgan fingerprint density at radius 1 is 1.22 bits per heavy atom. The van der Waals surface area contributed by atoms with Crippen molar-refractivity contribution in [3.63, 3.8) is 0 Å². The van der Waals surface area contributed by atoms with Crippen molar-refractivity contribution in [2.45, 2.75) is 45.6 Å². The van der Waals surface area contributed by atoms with E-state index in [-0.39, 0.29) is 23.4 Å². The summed E-state index contributed by atoms with van der Waals surface area (Å²) in [6.45, 7) is 9.32. The third-order valence-electron chi connectivity index (χ3n) is 6.49. The fourth-order valence-electron chi connectivity index (χ4n) is 4.62. The fraction of sp³-hybridized carbons (Fsp3) is 0.440. The van der Waals surface area contributed by atoms with Gasteiger partial charge in [-0.3, -0.25) is 9.59 Å². The number of nitrogens with zero attached hydrogens (tertiary/aromatic N) is 4. The van der Waals surface area contributed by atoms with Crippen LogP contribution in [-0.4, -0.2) is 57.0 Å². The first-order chi connectivity index (χ1) is 15.3. The number of aromatic nitrogens is 3. The minimum absolute atomic E-state index is 0.100. The molecule has 3 aromatic rings. The van der Waals surface area contributed by atoms with Crippen molar-refractivity contribution >= 4 is 11.6 Å². The summed E-state index contributed by atoms with van der Waals surface area (Å²) in [6.07, 6.45) is 3.52. The van der Waals surface area contributed by atoms with Crippen LogP contribution in [0.2, 0.25) is 0 Å². The maximum atomic E-state index is 13.3. The Balaban J connectivity index is 1.60. The third-order valence-corrected chi connectivity index (χ3v) is 6.49. The molecule has 1 aliphatic rings. The summed E-state index contributed by atoms with van der Waals surface area (Å²) in [5, 5.41) is 4.52. The van der Waals surface area contributed by atoms with Gasteiger partial charge in [0.2, 0.25) is 0 Å². The van der Waals surface area contributed by atoms with Gasteiger partial charge < -0.3 is 14.8 Å². The zero-order chi connectivity index (χ0) is 22.8. The molecule has 0 spiro atoms. The van der Waals surface area contributed by atoms with Crippen molar-refractivity contribution in [1.29, 1.82) is 0 Å². The largest absolute Gasteiger partial charge is 0.335 e. The minimum atomic E-state index is -0.194. The molecule has 3 heterocycles. The lowest BCUT2D eigenvalue weighted by Crippen LogP contribution is -2.35. The van der Waals surface area contributed by atoms with Crippen LogP contribution in [0, 0.1) is 5.92 Å². The molecule has 32 heavy (non-hydrogen) atoms. The molecule has 1 saturated heterocycles. The quantitative estimate of drug-likeness (QED) is 0.643. The molecule has 1 radical (unpaired) electrons. The van der Waals surface area contributed by atoms with Crippen LogP contribution >= 0.6 is 0 Å². The Morgan fingerprint density at radius 3 is 2.56 bits per heavy atom. The van der Waals surface area contributed by atoms with Gasteiger partial charge in [0.1, 0.15) is 11.2 Å². The number of carbonyl (C=O) groups is 1. The second-order valence-corrected chi connectivity index (χ2v) is 9.14. The third kappa shape index (κ3) is 4.48. The zero-order valence-electron chi connectivity index (χ0n) is 19.3. The molecule has 1 atom stereocenters. The van der Waals surface area contributed by atoms with Crippen LogP contribution < -0.4 is 5.56 Å². The molecule has 2 aromatic heterocycles. The predicted octanol–water partition coefficient (Wildman–Crippen LogP) is 3.65. The van der Waals surface area contributed by atoms with Gasteiger partial charge in [-0.05, 0) is 44.3 Å². The first-order valence-electron chi connectivity index (χ1n) is 11.3. The van der Waals surface area contributed by atoms with Crippen LogP contribution in [0.3, 0.4) is 0 Å². The Hall–Kier alpha value is -2.93. The highest BCUT2D eigenvalue weighted by atomic mass is 16.2. The van der Waals surface area contributed by atoms with E-state index in [1.165, 1.54) is 5.92 Å². The van der Waals surface area contributed by atoms with E-state index in [1.807, 2.05) is 37.3 Å². The number of piperidine rings is 1. The van der Waals surface area contributed by atoms with Gasteiger partial charge in [0.05, 0.1) is 17.9 Å². The number of benzene rings is 1. The summed E-state index contributed by atoms with van der Waals surface area (Å²) < 4.78 is 1.76. The maximum Gasteiger partial charge on any atom is 0.259 e. The molecule has 0 saturated carbocycles. The van der Waals surface area contributed by atoms with E-state index in [0.29, 0.717) is 11.2 Å². The summed E-state index contributed by atoms with van der Waals surface area (Å²) in [5.74, 6) is 1.50. The number of H-pyrrole nitrogens is 1. The molecular weight excluding hydrogens is 402 g/mol. The highest BCUT2D eigenvalue weighted by Crippen LogP contribution is 2.29. The maximum absolute atomic E-state index is 13.3. The number of likely N-dealkylation sites (tertiary alicyclic amines) is 1. The van der Waals surface area contributed by atoms with Gasteiger partial charge in [-0.1, -0.05) is 44.2 Å². The van der Waals surface area contributed by atoms with Crippen LogP contribution in [0.1, 0.15) is 67.2 Å². The monoisotopic (exact) mass is 434 g/mol. The van der Waals surface area contributed by atoms with Crippen LogP contribution in [0.15, 0.2) is 47.4 Å². The SMILES string of the molecule is C[C](C)CN1CCC(c2cc(=O)[nH]c3c(C(=O)N(C)[C@@H](C)c4ccccc4)cnn23)CC1.